The first-order valence-electron chi connectivity index (χ1n) is 3.93. The fourth-order valence-electron chi connectivity index (χ4n) is 1.25. The van der Waals surface area contributed by atoms with Crippen molar-refractivity contribution >= 4 is 34.3 Å². The summed E-state index contributed by atoms with van der Waals surface area (Å²) < 4.78 is 0. The molecule has 0 unspecified atom stereocenters. The number of hydrogen-bond acceptors (Lipinski definition) is 3. The maximum Gasteiger partial charge on any atom is 0.240 e. The molecule has 14 heavy (non-hydrogen) atoms. The van der Waals surface area contributed by atoms with Crippen LogP contribution in [-0.4, -0.2) is 11.1 Å². The largest absolute Gasteiger partial charge is 0.256 e. The number of halogens is 1. The lowest BCUT2D eigenvalue weighted by Gasteiger charge is -1.99. The Balaban J connectivity index is 2.81. The van der Waals surface area contributed by atoms with Gasteiger partial charge in [-0.15, -0.1) is 0 Å². The Labute approximate surface area is 85.1 Å². The van der Waals surface area contributed by atoms with Gasteiger partial charge in [0.25, 0.3) is 0 Å². The number of hydrogen-bond donors (Lipinski definition) is 0. The first-order valence-corrected chi connectivity index (χ1v) is 4.31. The Morgan fingerprint density at radius 1 is 1.36 bits per heavy atom. The molecule has 0 aliphatic heterocycles. The molecular weight excluding hydrogens is 200 g/mol. The van der Waals surface area contributed by atoms with E-state index in [-0.39, 0.29) is 0 Å². The standard InChI is InChI=1S/C10H5ClN2O/c11-7-1-2-8-9(13-6-14)3-4-12-10(8)5-7/h1-5H. The van der Waals surface area contributed by atoms with Gasteiger partial charge in [0, 0.05) is 16.6 Å². The molecule has 0 aliphatic carbocycles. The molecule has 4 heteroatoms. The number of benzene rings is 1. The number of pyridine rings is 1. The van der Waals surface area contributed by atoms with Crippen molar-refractivity contribution in [3.8, 4) is 0 Å². The minimum atomic E-state index is 0.557. The van der Waals surface area contributed by atoms with E-state index in [2.05, 4.69) is 9.98 Å². The molecule has 0 amide bonds. The molecule has 1 aromatic carbocycles. The molecule has 0 saturated heterocycles. The highest BCUT2D eigenvalue weighted by Gasteiger charge is 2.00. The highest BCUT2D eigenvalue weighted by Crippen LogP contribution is 2.25. The second-order valence-corrected chi connectivity index (χ2v) is 3.13. The van der Waals surface area contributed by atoms with Gasteiger partial charge in [0.1, 0.15) is 0 Å². The molecule has 0 saturated carbocycles. The second kappa shape index (κ2) is 3.58. The van der Waals surface area contributed by atoms with E-state index in [9.17, 15) is 4.79 Å². The molecule has 1 heterocycles. The van der Waals surface area contributed by atoms with E-state index in [0.29, 0.717) is 16.2 Å². The first-order chi connectivity index (χ1) is 6.81. The molecule has 0 fully saturated rings. The molecule has 0 N–H and O–H groups in total. The van der Waals surface area contributed by atoms with Crippen LogP contribution >= 0.6 is 11.6 Å². The van der Waals surface area contributed by atoms with Crippen LogP contribution in [0.5, 0.6) is 0 Å². The van der Waals surface area contributed by atoms with Crippen LogP contribution in [-0.2, 0) is 4.79 Å². The third kappa shape index (κ3) is 1.51. The van der Waals surface area contributed by atoms with Crippen molar-refractivity contribution in [1.29, 1.82) is 0 Å². The molecule has 0 spiro atoms. The van der Waals surface area contributed by atoms with E-state index in [0.717, 1.165) is 5.39 Å². The Morgan fingerprint density at radius 3 is 3.00 bits per heavy atom. The van der Waals surface area contributed by atoms with Crippen molar-refractivity contribution < 1.29 is 4.79 Å². The summed E-state index contributed by atoms with van der Waals surface area (Å²) in [6.45, 7) is 0. The summed E-state index contributed by atoms with van der Waals surface area (Å²) in [5.41, 5.74) is 1.27. The number of fused-ring (bicyclic) bond motifs is 1. The lowest BCUT2D eigenvalue weighted by molar-refractivity contribution is 0.565. The molecule has 68 valence electrons. The number of carbonyl (C=O) groups excluding carboxylic acids is 1. The molecule has 0 aliphatic rings. The Kier molecular flexibility index (Phi) is 2.27. The van der Waals surface area contributed by atoms with E-state index in [1.54, 1.807) is 30.5 Å². The average molecular weight is 205 g/mol. The van der Waals surface area contributed by atoms with E-state index in [1.165, 1.54) is 6.08 Å². The smallest absolute Gasteiger partial charge is 0.240 e. The summed E-state index contributed by atoms with van der Waals surface area (Å²) in [6.07, 6.45) is 3.08. The van der Waals surface area contributed by atoms with Gasteiger partial charge < -0.3 is 0 Å². The molecule has 1 aromatic heterocycles. The maximum absolute atomic E-state index is 10.1. The molecule has 2 aromatic rings. The Bertz CT molecular complexity index is 533. The van der Waals surface area contributed by atoms with Crippen molar-refractivity contribution in [2.75, 3.05) is 0 Å². The molecule has 2 rings (SSSR count). The average Bonchev–Trinajstić information content (AvgIpc) is 2.18. The van der Waals surface area contributed by atoms with Gasteiger partial charge in [0.05, 0.1) is 11.2 Å². The summed E-state index contributed by atoms with van der Waals surface area (Å²) >= 11 is 5.80. The predicted octanol–water partition coefficient (Wildman–Crippen LogP) is 2.86. The maximum atomic E-state index is 10.1. The van der Waals surface area contributed by atoms with Crippen LogP contribution < -0.4 is 0 Å². The topological polar surface area (TPSA) is 42.3 Å². The lowest BCUT2D eigenvalue weighted by atomic mass is 10.2. The second-order valence-electron chi connectivity index (χ2n) is 2.69. The fourth-order valence-corrected chi connectivity index (χ4v) is 1.42. The van der Waals surface area contributed by atoms with Crippen LogP contribution in [0.15, 0.2) is 35.5 Å². The van der Waals surface area contributed by atoms with Gasteiger partial charge in [-0.2, -0.15) is 4.99 Å². The van der Waals surface area contributed by atoms with E-state index < -0.39 is 0 Å². The quantitative estimate of drug-likeness (QED) is 0.530. The van der Waals surface area contributed by atoms with E-state index >= 15 is 0 Å². The normalized spacial score (nSPS) is 9.79. The minimum Gasteiger partial charge on any atom is -0.256 e. The Morgan fingerprint density at radius 2 is 2.21 bits per heavy atom. The van der Waals surface area contributed by atoms with Crippen LogP contribution in [0.1, 0.15) is 0 Å². The first kappa shape index (κ1) is 8.88. The summed E-state index contributed by atoms with van der Waals surface area (Å²) in [5, 5.41) is 1.40. The van der Waals surface area contributed by atoms with Crippen LogP contribution in [0.2, 0.25) is 5.02 Å². The molecule has 3 nitrogen and oxygen atoms in total. The third-order valence-electron chi connectivity index (χ3n) is 1.85. The van der Waals surface area contributed by atoms with Crippen LogP contribution in [0, 0.1) is 0 Å². The summed E-state index contributed by atoms with van der Waals surface area (Å²) in [5.74, 6) is 0. The van der Waals surface area contributed by atoms with Crippen molar-refractivity contribution in [2.45, 2.75) is 0 Å². The van der Waals surface area contributed by atoms with E-state index in [4.69, 9.17) is 11.6 Å². The summed E-state index contributed by atoms with van der Waals surface area (Å²) in [6, 6.07) is 6.89. The number of aliphatic imine (C=N–C) groups is 1. The van der Waals surface area contributed by atoms with Crippen molar-refractivity contribution in [3.63, 3.8) is 0 Å². The van der Waals surface area contributed by atoms with Crippen LogP contribution in [0.25, 0.3) is 10.9 Å². The van der Waals surface area contributed by atoms with Crippen molar-refractivity contribution in [2.24, 2.45) is 4.99 Å². The molecule has 0 bridgehead atoms. The number of rotatable bonds is 1. The fraction of sp³-hybridized carbons (Fsp3) is 0. The Hall–Kier alpha value is -1.70. The van der Waals surface area contributed by atoms with Crippen molar-refractivity contribution in [3.05, 3.63) is 35.5 Å². The monoisotopic (exact) mass is 204 g/mol. The van der Waals surface area contributed by atoms with Crippen molar-refractivity contribution in [1.82, 2.24) is 4.98 Å². The van der Waals surface area contributed by atoms with Gasteiger partial charge in [0.2, 0.25) is 6.08 Å². The van der Waals surface area contributed by atoms with Gasteiger partial charge in [-0.3, -0.25) is 4.98 Å². The SMILES string of the molecule is O=C=Nc1ccnc2cc(Cl)ccc12. The predicted molar refractivity (Wildman–Crippen MR) is 54.5 cm³/mol. The highest BCUT2D eigenvalue weighted by atomic mass is 35.5. The number of isocyanates is 1. The van der Waals surface area contributed by atoms with Crippen LogP contribution in [0.4, 0.5) is 5.69 Å². The molecular formula is C10H5ClN2O. The van der Waals surface area contributed by atoms with Crippen LogP contribution in [0.3, 0.4) is 0 Å². The van der Waals surface area contributed by atoms with Gasteiger partial charge in [-0.1, -0.05) is 11.6 Å². The van der Waals surface area contributed by atoms with Gasteiger partial charge in [-0.25, -0.2) is 4.79 Å². The number of nitrogens with zero attached hydrogens (tertiary/aromatic N) is 2. The highest BCUT2D eigenvalue weighted by molar-refractivity contribution is 6.31. The minimum absolute atomic E-state index is 0.557. The van der Waals surface area contributed by atoms with Gasteiger partial charge >= 0.3 is 0 Å². The molecule has 0 radical (unpaired) electrons. The lowest BCUT2D eigenvalue weighted by Crippen LogP contribution is -1.78. The third-order valence-corrected chi connectivity index (χ3v) is 2.08. The zero-order valence-corrected chi connectivity index (χ0v) is 7.82. The molecule has 0 atom stereocenters. The number of aromatic nitrogens is 1. The zero-order chi connectivity index (χ0) is 9.97. The van der Waals surface area contributed by atoms with E-state index in [1.807, 2.05) is 0 Å². The van der Waals surface area contributed by atoms with Gasteiger partial charge in [0.15, 0.2) is 0 Å². The summed E-state index contributed by atoms with van der Waals surface area (Å²) in [7, 11) is 0. The van der Waals surface area contributed by atoms with Gasteiger partial charge in [-0.05, 0) is 24.3 Å². The zero-order valence-electron chi connectivity index (χ0n) is 7.07. The summed E-state index contributed by atoms with van der Waals surface area (Å²) in [4.78, 5) is 17.8.